The summed E-state index contributed by atoms with van der Waals surface area (Å²) in [5, 5.41) is 11.4. The van der Waals surface area contributed by atoms with Crippen LogP contribution in [0.25, 0.3) is 10.8 Å². The molecule has 1 aromatic heterocycles. The molecule has 0 spiro atoms. The van der Waals surface area contributed by atoms with Crippen LogP contribution in [0.2, 0.25) is 0 Å². The molecule has 0 aliphatic heterocycles. The quantitative estimate of drug-likeness (QED) is 0.916. The highest BCUT2D eigenvalue weighted by atomic mass is 16.5. The molecule has 0 radical (unpaired) electrons. The maximum Gasteiger partial charge on any atom is 0.328 e. The van der Waals surface area contributed by atoms with Gasteiger partial charge in [0.2, 0.25) is 0 Å². The van der Waals surface area contributed by atoms with Crippen molar-refractivity contribution in [3.8, 4) is 5.75 Å². The Hall–Kier alpha value is -2.30. The number of hydrogen-bond donors (Lipinski definition) is 1. The number of hydrogen-bond acceptors (Lipinski definition) is 4. The summed E-state index contributed by atoms with van der Waals surface area (Å²) < 4.78 is 5.26. The van der Waals surface area contributed by atoms with E-state index in [0.717, 1.165) is 16.5 Å². The molecule has 2 aromatic rings. The molecule has 0 saturated heterocycles. The van der Waals surface area contributed by atoms with Crippen molar-refractivity contribution in [3.05, 3.63) is 30.5 Å². The zero-order chi connectivity index (χ0) is 15.6. The topological polar surface area (TPSA) is 62.7 Å². The number of carboxylic acids is 1. The van der Waals surface area contributed by atoms with Crippen molar-refractivity contribution < 1.29 is 14.6 Å². The second kappa shape index (κ2) is 5.60. The first kappa shape index (κ1) is 15.1. The van der Waals surface area contributed by atoms with Crippen LogP contribution in [0.15, 0.2) is 30.5 Å². The number of carboxylic acid groups (broad SMARTS) is 1. The molecule has 21 heavy (non-hydrogen) atoms. The van der Waals surface area contributed by atoms with Crippen LogP contribution in [0.4, 0.5) is 5.82 Å². The number of carbonyl (C=O) groups is 1. The van der Waals surface area contributed by atoms with Crippen molar-refractivity contribution >= 4 is 22.6 Å². The number of methoxy groups -OCH3 is 1. The lowest BCUT2D eigenvalue weighted by atomic mass is 10.0. The maximum atomic E-state index is 11.6. The van der Waals surface area contributed by atoms with Gasteiger partial charge in [-0.2, -0.15) is 0 Å². The van der Waals surface area contributed by atoms with Gasteiger partial charge in [0.25, 0.3) is 0 Å². The Bertz CT molecular complexity index is 668. The Morgan fingerprint density at radius 1 is 1.38 bits per heavy atom. The summed E-state index contributed by atoms with van der Waals surface area (Å²) >= 11 is 0. The molecule has 0 unspecified atom stereocenters. The summed E-state index contributed by atoms with van der Waals surface area (Å²) in [4.78, 5) is 17.8. The standard InChI is InChI=1S/C16H20N2O3/c1-5-18(16(2,3)15(19)20)14-13-10-12(21-4)7-6-11(13)8-9-17-14/h6-10H,5H2,1-4H3,(H,19,20). The van der Waals surface area contributed by atoms with Gasteiger partial charge in [-0.25, -0.2) is 9.78 Å². The van der Waals surface area contributed by atoms with E-state index in [9.17, 15) is 9.90 Å². The Morgan fingerprint density at radius 2 is 2.10 bits per heavy atom. The van der Waals surface area contributed by atoms with Crippen LogP contribution in [0.3, 0.4) is 0 Å². The molecule has 1 N–H and O–H groups in total. The van der Waals surface area contributed by atoms with E-state index in [0.29, 0.717) is 12.4 Å². The van der Waals surface area contributed by atoms with E-state index in [4.69, 9.17) is 4.74 Å². The van der Waals surface area contributed by atoms with Crippen LogP contribution < -0.4 is 9.64 Å². The predicted octanol–water partition coefficient (Wildman–Crippen LogP) is 2.93. The van der Waals surface area contributed by atoms with Gasteiger partial charge in [-0.3, -0.25) is 0 Å². The number of ether oxygens (including phenoxy) is 1. The number of anilines is 1. The first-order valence-electron chi connectivity index (χ1n) is 6.85. The molecule has 0 amide bonds. The number of rotatable bonds is 5. The maximum absolute atomic E-state index is 11.6. The number of likely N-dealkylation sites (N-methyl/N-ethyl adjacent to an activating group) is 1. The van der Waals surface area contributed by atoms with E-state index in [-0.39, 0.29) is 0 Å². The zero-order valence-electron chi connectivity index (χ0n) is 12.8. The highest BCUT2D eigenvalue weighted by Crippen LogP contribution is 2.31. The molecule has 0 saturated carbocycles. The number of pyridine rings is 1. The number of aromatic nitrogens is 1. The highest BCUT2D eigenvalue weighted by Gasteiger charge is 2.35. The van der Waals surface area contributed by atoms with Crippen molar-refractivity contribution in [3.63, 3.8) is 0 Å². The minimum atomic E-state index is -1.04. The Morgan fingerprint density at radius 3 is 2.67 bits per heavy atom. The first-order chi connectivity index (χ1) is 9.91. The van der Waals surface area contributed by atoms with Gasteiger partial charge in [0, 0.05) is 18.1 Å². The summed E-state index contributed by atoms with van der Waals surface area (Å²) in [6.07, 6.45) is 1.70. The monoisotopic (exact) mass is 288 g/mol. The predicted molar refractivity (Wildman–Crippen MR) is 83.0 cm³/mol. The number of fused-ring (bicyclic) bond motifs is 1. The lowest BCUT2D eigenvalue weighted by Gasteiger charge is -2.35. The minimum absolute atomic E-state index is 0.544. The molecule has 5 heteroatoms. The second-order valence-corrected chi connectivity index (χ2v) is 5.33. The Balaban J connectivity index is 2.66. The summed E-state index contributed by atoms with van der Waals surface area (Å²) in [6.45, 7) is 5.83. The van der Waals surface area contributed by atoms with E-state index in [2.05, 4.69) is 4.98 Å². The van der Waals surface area contributed by atoms with Gasteiger partial charge in [-0.05, 0) is 44.4 Å². The zero-order valence-corrected chi connectivity index (χ0v) is 12.8. The molecule has 5 nitrogen and oxygen atoms in total. The summed E-state index contributed by atoms with van der Waals surface area (Å²) in [6, 6.07) is 7.61. The van der Waals surface area contributed by atoms with Crippen LogP contribution in [0.5, 0.6) is 5.75 Å². The fourth-order valence-electron chi connectivity index (χ4n) is 2.40. The largest absolute Gasteiger partial charge is 0.497 e. The van der Waals surface area contributed by atoms with Gasteiger partial charge in [0.05, 0.1) is 7.11 Å². The van der Waals surface area contributed by atoms with E-state index in [1.165, 1.54) is 0 Å². The molecule has 0 atom stereocenters. The molecule has 0 bridgehead atoms. The SMILES string of the molecule is CCN(c1nccc2ccc(OC)cc12)C(C)(C)C(=O)O. The minimum Gasteiger partial charge on any atom is -0.497 e. The average Bonchev–Trinajstić information content (AvgIpc) is 2.47. The third-order valence-electron chi connectivity index (χ3n) is 3.72. The number of nitrogens with zero attached hydrogens (tertiary/aromatic N) is 2. The molecule has 1 aromatic carbocycles. The molecular formula is C16H20N2O3. The fourth-order valence-corrected chi connectivity index (χ4v) is 2.40. The molecule has 0 aliphatic rings. The van der Waals surface area contributed by atoms with Gasteiger partial charge < -0.3 is 14.7 Å². The van der Waals surface area contributed by atoms with Crippen LogP contribution >= 0.6 is 0 Å². The number of benzene rings is 1. The van der Waals surface area contributed by atoms with Crippen molar-refractivity contribution in [2.75, 3.05) is 18.6 Å². The van der Waals surface area contributed by atoms with Gasteiger partial charge in [0.15, 0.2) is 0 Å². The van der Waals surface area contributed by atoms with Crippen molar-refractivity contribution in [1.82, 2.24) is 4.98 Å². The Kier molecular flexibility index (Phi) is 4.02. The fraction of sp³-hybridized carbons (Fsp3) is 0.375. The summed E-state index contributed by atoms with van der Waals surface area (Å²) in [5.41, 5.74) is -1.04. The van der Waals surface area contributed by atoms with Crippen molar-refractivity contribution in [1.29, 1.82) is 0 Å². The molecule has 2 rings (SSSR count). The van der Waals surface area contributed by atoms with Crippen LogP contribution in [-0.4, -0.2) is 35.3 Å². The van der Waals surface area contributed by atoms with Crippen LogP contribution in [0.1, 0.15) is 20.8 Å². The van der Waals surface area contributed by atoms with Crippen LogP contribution in [0, 0.1) is 0 Å². The van der Waals surface area contributed by atoms with Gasteiger partial charge in [0.1, 0.15) is 17.1 Å². The molecule has 112 valence electrons. The van der Waals surface area contributed by atoms with E-state index in [1.54, 1.807) is 32.1 Å². The number of aliphatic carboxylic acids is 1. The van der Waals surface area contributed by atoms with E-state index < -0.39 is 11.5 Å². The van der Waals surface area contributed by atoms with E-state index in [1.807, 2.05) is 31.2 Å². The third kappa shape index (κ3) is 2.63. The van der Waals surface area contributed by atoms with Gasteiger partial charge in [-0.15, -0.1) is 0 Å². The average molecular weight is 288 g/mol. The van der Waals surface area contributed by atoms with Gasteiger partial charge in [-0.1, -0.05) is 6.07 Å². The lowest BCUT2D eigenvalue weighted by Crippen LogP contribution is -2.50. The molecule has 0 fully saturated rings. The van der Waals surface area contributed by atoms with Crippen LogP contribution in [-0.2, 0) is 4.79 Å². The normalized spacial score (nSPS) is 11.4. The first-order valence-corrected chi connectivity index (χ1v) is 6.85. The molecule has 0 aliphatic carbocycles. The second-order valence-electron chi connectivity index (χ2n) is 5.33. The summed E-state index contributed by atoms with van der Waals surface area (Å²) in [5.74, 6) is 0.494. The smallest absolute Gasteiger partial charge is 0.328 e. The van der Waals surface area contributed by atoms with Gasteiger partial charge >= 0.3 is 5.97 Å². The van der Waals surface area contributed by atoms with Crippen molar-refractivity contribution in [2.45, 2.75) is 26.3 Å². The molecular weight excluding hydrogens is 268 g/mol. The highest BCUT2D eigenvalue weighted by molar-refractivity contribution is 5.95. The third-order valence-corrected chi connectivity index (χ3v) is 3.72. The summed E-state index contributed by atoms with van der Waals surface area (Å²) in [7, 11) is 1.61. The van der Waals surface area contributed by atoms with Crippen molar-refractivity contribution in [2.24, 2.45) is 0 Å². The van der Waals surface area contributed by atoms with E-state index >= 15 is 0 Å². The Labute approximate surface area is 124 Å². The molecule has 1 heterocycles. The lowest BCUT2D eigenvalue weighted by molar-refractivity contribution is -0.142.